The zero-order chi connectivity index (χ0) is 14.5. The summed E-state index contributed by atoms with van der Waals surface area (Å²) >= 11 is 1.29. The predicted octanol–water partition coefficient (Wildman–Crippen LogP) is 3.42. The van der Waals surface area contributed by atoms with Crippen molar-refractivity contribution in [3.8, 4) is 0 Å². The first-order chi connectivity index (χ1) is 9.60. The Bertz CT molecular complexity index is 634. The van der Waals surface area contributed by atoms with Gasteiger partial charge in [-0.15, -0.1) is 0 Å². The molecule has 2 aromatic rings. The maximum Gasteiger partial charge on any atom is 0.338 e. The Kier molecular flexibility index (Phi) is 4.68. The molecule has 4 nitrogen and oxygen atoms in total. The van der Waals surface area contributed by atoms with Crippen LogP contribution in [0.4, 0.5) is 4.39 Å². The number of hydrogen-bond acceptors (Lipinski definition) is 4. The van der Waals surface area contributed by atoms with E-state index in [1.807, 2.05) is 6.07 Å². The number of benzene rings is 1. The molecule has 104 valence electrons. The van der Waals surface area contributed by atoms with Crippen LogP contribution in [0.15, 0.2) is 40.5 Å². The second-order valence-electron chi connectivity index (χ2n) is 4.15. The Labute approximate surface area is 120 Å². The smallest absolute Gasteiger partial charge is 0.338 e. The lowest BCUT2D eigenvalue weighted by Crippen LogP contribution is -2.00. The van der Waals surface area contributed by atoms with E-state index in [9.17, 15) is 9.18 Å². The summed E-state index contributed by atoms with van der Waals surface area (Å²) in [6.07, 6.45) is 3.33. The van der Waals surface area contributed by atoms with E-state index < -0.39 is 11.8 Å². The van der Waals surface area contributed by atoms with Gasteiger partial charge in [0.2, 0.25) is 0 Å². The predicted molar refractivity (Wildman–Crippen MR) is 73.5 cm³/mol. The maximum absolute atomic E-state index is 13.3. The number of carboxylic acid groups (broad SMARTS) is 1. The lowest BCUT2D eigenvalue weighted by Gasteiger charge is -2.04. The minimum Gasteiger partial charge on any atom is -0.478 e. The SMILES string of the molecule is CCCc1cc(Sc2ccc(F)c(C(=O)O)c2)ncn1. The molecule has 1 aromatic carbocycles. The molecule has 0 spiro atoms. The van der Waals surface area contributed by atoms with E-state index in [2.05, 4.69) is 16.9 Å². The molecule has 0 bridgehead atoms. The first kappa shape index (κ1) is 14.5. The highest BCUT2D eigenvalue weighted by molar-refractivity contribution is 7.99. The van der Waals surface area contributed by atoms with Crippen LogP contribution in [-0.4, -0.2) is 21.0 Å². The average molecular weight is 292 g/mol. The molecule has 6 heteroatoms. The first-order valence-corrected chi connectivity index (χ1v) is 6.93. The molecule has 1 aromatic heterocycles. The molecule has 0 radical (unpaired) electrons. The van der Waals surface area contributed by atoms with Crippen LogP contribution in [0.5, 0.6) is 0 Å². The molecule has 0 saturated carbocycles. The Morgan fingerprint density at radius 3 is 2.85 bits per heavy atom. The fourth-order valence-electron chi connectivity index (χ4n) is 1.68. The minimum atomic E-state index is -1.28. The lowest BCUT2D eigenvalue weighted by atomic mass is 10.2. The third-order valence-electron chi connectivity index (χ3n) is 2.60. The number of nitrogens with zero attached hydrogens (tertiary/aromatic N) is 2. The summed E-state index contributed by atoms with van der Waals surface area (Å²) in [6, 6.07) is 5.86. The van der Waals surface area contributed by atoms with E-state index >= 15 is 0 Å². The number of aromatic carboxylic acids is 1. The molecule has 0 amide bonds. The number of aromatic nitrogens is 2. The molecule has 0 unspecified atom stereocenters. The third-order valence-corrected chi connectivity index (χ3v) is 3.52. The van der Waals surface area contributed by atoms with Crippen molar-refractivity contribution in [2.24, 2.45) is 0 Å². The number of halogens is 1. The normalized spacial score (nSPS) is 10.5. The summed E-state index contributed by atoms with van der Waals surface area (Å²) < 4.78 is 13.3. The fourth-order valence-corrected chi connectivity index (χ4v) is 2.53. The van der Waals surface area contributed by atoms with Crippen molar-refractivity contribution in [3.63, 3.8) is 0 Å². The quantitative estimate of drug-likeness (QED) is 0.855. The molecule has 20 heavy (non-hydrogen) atoms. The summed E-state index contributed by atoms with van der Waals surface area (Å²) in [4.78, 5) is 19.8. The van der Waals surface area contributed by atoms with Crippen molar-refractivity contribution < 1.29 is 14.3 Å². The fraction of sp³-hybridized carbons (Fsp3) is 0.214. The monoisotopic (exact) mass is 292 g/mol. The molecule has 1 N–H and O–H groups in total. The zero-order valence-corrected chi connectivity index (χ0v) is 11.7. The van der Waals surface area contributed by atoms with E-state index in [1.165, 1.54) is 30.2 Å². The molecule has 1 heterocycles. The Morgan fingerprint density at radius 1 is 1.35 bits per heavy atom. The van der Waals surface area contributed by atoms with Crippen molar-refractivity contribution >= 4 is 17.7 Å². The van der Waals surface area contributed by atoms with Gasteiger partial charge in [0.05, 0.1) is 5.56 Å². The van der Waals surface area contributed by atoms with E-state index in [1.54, 1.807) is 0 Å². The van der Waals surface area contributed by atoms with Gasteiger partial charge in [-0.05, 0) is 30.7 Å². The average Bonchev–Trinajstić information content (AvgIpc) is 2.41. The number of hydrogen-bond donors (Lipinski definition) is 1. The number of aryl methyl sites for hydroxylation is 1. The molecule has 0 aliphatic rings. The van der Waals surface area contributed by atoms with Crippen molar-refractivity contribution in [3.05, 3.63) is 47.7 Å². The van der Waals surface area contributed by atoms with Gasteiger partial charge in [0.25, 0.3) is 0 Å². The minimum absolute atomic E-state index is 0.335. The van der Waals surface area contributed by atoms with Crippen molar-refractivity contribution in [2.75, 3.05) is 0 Å². The van der Waals surface area contributed by atoms with Gasteiger partial charge in [0.15, 0.2) is 0 Å². The number of rotatable bonds is 5. The van der Waals surface area contributed by atoms with E-state index in [0.717, 1.165) is 24.6 Å². The second-order valence-corrected chi connectivity index (χ2v) is 5.24. The van der Waals surface area contributed by atoms with Gasteiger partial charge in [-0.2, -0.15) is 0 Å². The second kappa shape index (κ2) is 6.47. The topological polar surface area (TPSA) is 63.1 Å². The van der Waals surface area contributed by atoms with Gasteiger partial charge >= 0.3 is 5.97 Å². The lowest BCUT2D eigenvalue weighted by molar-refractivity contribution is 0.0691. The molecule has 0 fully saturated rings. The standard InChI is InChI=1S/C14H13FN2O2S/c1-2-3-9-6-13(17-8-16-9)20-10-4-5-12(15)11(7-10)14(18)19/h4-8H,2-3H2,1H3,(H,18,19). The van der Waals surface area contributed by atoms with Crippen LogP contribution in [0.3, 0.4) is 0 Å². The van der Waals surface area contributed by atoms with Crippen LogP contribution in [0, 0.1) is 5.82 Å². The molecule has 0 aliphatic carbocycles. The largest absolute Gasteiger partial charge is 0.478 e. The molecule has 0 aliphatic heterocycles. The summed E-state index contributed by atoms with van der Waals surface area (Å²) in [7, 11) is 0. The van der Waals surface area contributed by atoms with Crippen LogP contribution >= 0.6 is 11.8 Å². The van der Waals surface area contributed by atoms with Crippen molar-refractivity contribution in [1.82, 2.24) is 9.97 Å². The first-order valence-electron chi connectivity index (χ1n) is 6.11. The van der Waals surface area contributed by atoms with E-state index in [-0.39, 0.29) is 5.56 Å². The van der Waals surface area contributed by atoms with Gasteiger partial charge in [0.1, 0.15) is 17.2 Å². The van der Waals surface area contributed by atoms with Gasteiger partial charge in [-0.1, -0.05) is 25.1 Å². The Balaban J connectivity index is 2.23. The van der Waals surface area contributed by atoms with Crippen molar-refractivity contribution in [2.45, 2.75) is 29.7 Å². The highest BCUT2D eigenvalue weighted by Crippen LogP contribution is 2.27. The van der Waals surface area contributed by atoms with Crippen LogP contribution in [0.25, 0.3) is 0 Å². The summed E-state index contributed by atoms with van der Waals surface area (Å²) in [5, 5.41) is 9.61. The summed E-state index contributed by atoms with van der Waals surface area (Å²) in [5.74, 6) is -2.02. The molecule has 0 saturated heterocycles. The zero-order valence-electron chi connectivity index (χ0n) is 10.8. The Morgan fingerprint density at radius 2 is 2.15 bits per heavy atom. The molecular weight excluding hydrogens is 279 g/mol. The summed E-state index contributed by atoms with van der Waals surface area (Å²) in [5.41, 5.74) is 0.600. The third kappa shape index (κ3) is 3.54. The van der Waals surface area contributed by atoms with Crippen LogP contribution < -0.4 is 0 Å². The summed E-state index contributed by atoms with van der Waals surface area (Å²) in [6.45, 7) is 2.06. The molecular formula is C14H13FN2O2S. The van der Waals surface area contributed by atoms with Crippen molar-refractivity contribution in [1.29, 1.82) is 0 Å². The number of carbonyl (C=O) groups is 1. The van der Waals surface area contributed by atoms with Crippen LogP contribution in [0.2, 0.25) is 0 Å². The highest BCUT2D eigenvalue weighted by Gasteiger charge is 2.11. The van der Waals surface area contributed by atoms with Gasteiger partial charge < -0.3 is 5.11 Å². The van der Waals surface area contributed by atoms with Gasteiger partial charge in [0, 0.05) is 10.6 Å². The van der Waals surface area contributed by atoms with E-state index in [4.69, 9.17) is 5.11 Å². The van der Waals surface area contributed by atoms with Crippen LogP contribution in [0.1, 0.15) is 29.4 Å². The molecule has 2 rings (SSSR count). The molecule has 0 atom stereocenters. The highest BCUT2D eigenvalue weighted by atomic mass is 32.2. The Hall–Kier alpha value is -1.95. The van der Waals surface area contributed by atoms with Crippen LogP contribution in [-0.2, 0) is 6.42 Å². The van der Waals surface area contributed by atoms with E-state index in [0.29, 0.717) is 9.92 Å². The maximum atomic E-state index is 13.3. The van der Waals surface area contributed by atoms with Gasteiger partial charge in [-0.3, -0.25) is 0 Å². The number of carboxylic acids is 1. The van der Waals surface area contributed by atoms with Gasteiger partial charge in [-0.25, -0.2) is 19.2 Å².